The first-order valence-corrected chi connectivity index (χ1v) is 8.60. The van der Waals surface area contributed by atoms with E-state index in [1.807, 2.05) is 0 Å². The van der Waals surface area contributed by atoms with Gasteiger partial charge in [-0.25, -0.2) is 0 Å². The molecule has 22 heavy (non-hydrogen) atoms. The van der Waals surface area contributed by atoms with Crippen molar-refractivity contribution in [1.82, 2.24) is 0 Å². The van der Waals surface area contributed by atoms with Crippen LogP contribution in [0.1, 0.15) is 71.1 Å². The van der Waals surface area contributed by atoms with E-state index in [0.29, 0.717) is 0 Å². The van der Waals surface area contributed by atoms with Gasteiger partial charge in [-0.1, -0.05) is 68.4 Å². The van der Waals surface area contributed by atoms with Gasteiger partial charge in [0, 0.05) is 6.42 Å². The average Bonchev–Trinajstić information content (AvgIpc) is 2.50. The van der Waals surface area contributed by atoms with Crippen LogP contribution in [0, 0.1) is 0 Å². The molecule has 0 aromatic heterocycles. The van der Waals surface area contributed by atoms with E-state index in [1.54, 1.807) is 0 Å². The zero-order valence-corrected chi connectivity index (χ0v) is 14.0. The van der Waals surface area contributed by atoms with Crippen LogP contribution in [0.3, 0.4) is 0 Å². The summed E-state index contributed by atoms with van der Waals surface area (Å²) in [4.78, 5) is 10.3. The van der Waals surface area contributed by atoms with Crippen molar-refractivity contribution in [1.29, 1.82) is 0 Å². The molecule has 2 nitrogen and oxygen atoms in total. The molecule has 0 rings (SSSR count). The second-order valence-corrected chi connectivity index (χ2v) is 5.39. The summed E-state index contributed by atoms with van der Waals surface area (Å²) in [5, 5.41) is 8.49. The normalized spacial score (nSPS) is 12.4. The molecule has 0 heterocycles. The SMILES string of the molecule is CCCCC/C=C/CC/C=C/C=C/C/C=C/CCCC(=O)O. The lowest BCUT2D eigenvalue weighted by Gasteiger charge is -1.91. The van der Waals surface area contributed by atoms with E-state index in [4.69, 9.17) is 5.11 Å². The molecule has 0 aromatic rings. The van der Waals surface area contributed by atoms with Crippen LogP contribution in [0.4, 0.5) is 0 Å². The van der Waals surface area contributed by atoms with E-state index in [2.05, 4.69) is 55.5 Å². The number of unbranched alkanes of at least 4 members (excludes halogenated alkanes) is 5. The molecule has 124 valence electrons. The van der Waals surface area contributed by atoms with Crippen LogP contribution in [0.5, 0.6) is 0 Å². The molecule has 0 spiro atoms. The third kappa shape index (κ3) is 18.4. The Kier molecular flexibility index (Phi) is 16.2. The predicted octanol–water partition coefficient (Wildman–Crippen LogP) is 6.22. The highest BCUT2D eigenvalue weighted by molar-refractivity contribution is 5.66. The Morgan fingerprint density at radius 2 is 1.41 bits per heavy atom. The van der Waals surface area contributed by atoms with Crippen LogP contribution in [-0.4, -0.2) is 11.1 Å². The highest BCUT2D eigenvalue weighted by Crippen LogP contribution is 2.02. The molecular formula is C20H32O2. The van der Waals surface area contributed by atoms with Gasteiger partial charge in [0.25, 0.3) is 0 Å². The first-order valence-electron chi connectivity index (χ1n) is 8.60. The van der Waals surface area contributed by atoms with E-state index >= 15 is 0 Å². The maximum Gasteiger partial charge on any atom is 0.303 e. The van der Waals surface area contributed by atoms with Crippen LogP contribution in [-0.2, 0) is 4.79 Å². The second-order valence-electron chi connectivity index (χ2n) is 5.39. The maximum atomic E-state index is 10.3. The highest BCUT2D eigenvalue weighted by Gasteiger charge is 1.92. The quantitative estimate of drug-likeness (QED) is 0.235. The summed E-state index contributed by atoms with van der Waals surface area (Å²) in [6.07, 6.45) is 27.3. The number of aliphatic carboxylic acids is 1. The number of hydrogen-bond acceptors (Lipinski definition) is 1. The Hall–Kier alpha value is -1.57. The molecule has 0 aliphatic carbocycles. The summed E-state index contributed by atoms with van der Waals surface area (Å²) in [5.74, 6) is -0.714. The molecule has 1 N–H and O–H groups in total. The van der Waals surface area contributed by atoms with Crippen LogP contribution in [0.25, 0.3) is 0 Å². The molecule has 0 aromatic carbocycles. The van der Waals surface area contributed by atoms with Gasteiger partial charge in [0.1, 0.15) is 0 Å². The average molecular weight is 304 g/mol. The number of hydrogen-bond donors (Lipinski definition) is 1. The zero-order valence-electron chi connectivity index (χ0n) is 14.0. The first kappa shape index (κ1) is 20.4. The smallest absolute Gasteiger partial charge is 0.303 e. The monoisotopic (exact) mass is 304 g/mol. The molecule has 0 bridgehead atoms. The summed E-state index contributed by atoms with van der Waals surface area (Å²) in [6, 6.07) is 0. The minimum atomic E-state index is -0.714. The number of rotatable bonds is 14. The van der Waals surface area contributed by atoms with Crippen molar-refractivity contribution in [2.24, 2.45) is 0 Å². The van der Waals surface area contributed by atoms with Crippen molar-refractivity contribution in [3.05, 3.63) is 48.6 Å². The van der Waals surface area contributed by atoms with Gasteiger partial charge >= 0.3 is 5.97 Å². The molecule has 0 saturated carbocycles. The van der Waals surface area contributed by atoms with Crippen LogP contribution in [0.15, 0.2) is 48.6 Å². The van der Waals surface area contributed by atoms with Gasteiger partial charge in [0.15, 0.2) is 0 Å². The van der Waals surface area contributed by atoms with Crippen LogP contribution >= 0.6 is 0 Å². The lowest BCUT2D eigenvalue weighted by molar-refractivity contribution is -0.137. The van der Waals surface area contributed by atoms with E-state index in [-0.39, 0.29) is 6.42 Å². The van der Waals surface area contributed by atoms with Crippen LogP contribution < -0.4 is 0 Å². The molecule has 0 atom stereocenters. The van der Waals surface area contributed by atoms with Gasteiger partial charge in [-0.3, -0.25) is 4.79 Å². The zero-order chi connectivity index (χ0) is 16.3. The van der Waals surface area contributed by atoms with Gasteiger partial charge < -0.3 is 5.11 Å². The van der Waals surface area contributed by atoms with Crippen molar-refractivity contribution in [3.63, 3.8) is 0 Å². The topological polar surface area (TPSA) is 37.3 Å². The molecule has 0 amide bonds. The Labute approximate surface area is 136 Å². The van der Waals surface area contributed by atoms with Crippen molar-refractivity contribution in [2.75, 3.05) is 0 Å². The minimum Gasteiger partial charge on any atom is -0.481 e. The maximum absolute atomic E-state index is 10.3. The molecule has 0 aliphatic heterocycles. The van der Waals surface area contributed by atoms with Crippen molar-refractivity contribution < 1.29 is 9.90 Å². The largest absolute Gasteiger partial charge is 0.481 e. The third-order valence-electron chi connectivity index (χ3n) is 3.22. The lowest BCUT2D eigenvalue weighted by Crippen LogP contribution is -1.92. The van der Waals surface area contributed by atoms with Gasteiger partial charge in [-0.05, 0) is 44.9 Å². The van der Waals surface area contributed by atoms with E-state index in [0.717, 1.165) is 32.1 Å². The van der Waals surface area contributed by atoms with Crippen molar-refractivity contribution in [2.45, 2.75) is 71.1 Å². The van der Waals surface area contributed by atoms with E-state index < -0.39 is 5.97 Å². The first-order chi connectivity index (χ1) is 10.8. The molecule has 0 saturated heterocycles. The number of carboxylic acids is 1. The summed E-state index contributed by atoms with van der Waals surface area (Å²) in [7, 11) is 0. The predicted molar refractivity (Wildman–Crippen MR) is 96.0 cm³/mol. The molecule has 2 heteroatoms. The summed E-state index contributed by atoms with van der Waals surface area (Å²) in [6.45, 7) is 2.23. The minimum absolute atomic E-state index is 0.260. The Morgan fingerprint density at radius 1 is 0.773 bits per heavy atom. The Bertz CT molecular complexity index is 362. The van der Waals surface area contributed by atoms with Gasteiger partial charge in [-0.2, -0.15) is 0 Å². The molecule has 0 unspecified atom stereocenters. The lowest BCUT2D eigenvalue weighted by atomic mass is 10.2. The Morgan fingerprint density at radius 3 is 2.18 bits per heavy atom. The Balaban J connectivity index is 3.41. The summed E-state index contributed by atoms with van der Waals surface area (Å²) >= 11 is 0. The molecular weight excluding hydrogens is 272 g/mol. The molecule has 0 radical (unpaired) electrons. The molecule has 0 fully saturated rings. The highest BCUT2D eigenvalue weighted by atomic mass is 16.4. The third-order valence-corrected chi connectivity index (χ3v) is 3.22. The fraction of sp³-hybridized carbons (Fsp3) is 0.550. The standard InChI is InChI=1S/C20H32O2/c1-2-3-4-5-6-7-8-9-10-11-12-13-14-15-16-17-18-19-20(21)22/h6-7,10-13,15-16H,2-5,8-9,14,17-19H2,1H3,(H,21,22)/b7-6+,11-10+,13-12+,16-15+. The second kappa shape index (κ2) is 17.5. The fourth-order valence-corrected chi connectivity index (χ4v) is 1.94. The van der Waals surface area contributed by atoms with Gasteiger partial charge in [-0.15, -0.1) is 0 Å². The van der Waals surface area contributed by atoms with Gasteiger partial charge in [0.05, 0.1) is 0 Å². The summed E-state index contributed by atoms with van der Waals surface area (Å²) in [5.41, 5.74) is 0. The van der Waals surface area contributed by atoms with Crippen LogP contribution in [0.2, 0.25) is 0 Å². The van der Waals surface area contributed by atoms with Gasteiger partial charge in [0.2, 0.25) is 0 Å². The van der Waals surface area contributed by atoms with Crippen molar-refractivity contribution in [3.8, 4) is 0 Å². The molecule has 0 aliphatic rings. The number of carbonyl (C=O) groups is 1. The van der Waals surface area contributed by atoms with E-state index in [1.165, 1.54) is 25.7 Å². The van der Waals surface area contributed by atoms with E-state index in [9.17, 15) is 4.79 Å². The van der Waals surface area contributed by atoms with Crippen molar-refractivity contribution >= 4 is 5.97 Å². The number of allylic oxidation sites excluding steroid dienone is 8. The fourth-order valence-electron chi connectivity index (χ4n) is 1.94. The summed E-state index contributed by atoms with van der Waals surface area (Å²) < 4.78 is 0. The number of carboxylic acid groups (broad SMARTS) is 1.